The Kier molecular flexibility index (Phi) is 2.80. The number of nitrogen functional groups attached to an aromatic ring is 1. The third kappa shape index (κ3) is 1.91. The highest BCUT2D eigenvalue weighted by Gasteiger charge is 2.10. The van der Waals surface area contributed by atoms with Crippen LogP contribution in [0.2, 0.25) is 0 Å². The van der Waals surface area contributed by atoms with Gasteiger partial charge in [-0.2, -0.15) is 0 Å². The number of amides is 1. The molecule has 1 heterocycles. The molecule has 0 unspecified atom stereocenters. The van der Waals surface area contributed by atoms with E-state index in [0.29, 0.717) is 5.56 Å². The minimum atomic E-state index is -0.265. The van der Waals surface area contributed by atoms with E-state index in [4.69, 9.17) is 5.84 Å². The number of carbonyl (C=O) groups is 1. The first-order valence-electron chi connectivity index (χ1n) is 4.47. The van der Waals surface area contributed by atoms with Gasteiger partial charge in [-0.25, -0.2) is 5.84 Å². The number of benzene rings is 1. The van der Waals surface area contributed by atoms with Crippen LogP contribution < -0.4 is 11.3 Å². The van der Waals surface area contributed by atoms with Crippen LogP contribution in [-0.2, 0) is 0 Å². The van der Waals surface area contributed by atoms with Gasteiger partial charge in [-0.15, -0.1) is 11.3 Å². The Morgan fingerprint density at radius 1 is 1.20 bits per heavy atom. The van der Waals surface area contributed by atoms with Crippen molar-refractivity contribution in [1.82, 2.24) is 5.43 Å². The largest absolute Gasteiger partial charge is 0.290 e. The summed E-state index contributed by atoms with van der Waals surface area (Å²) in [6.07, 6.45) is 0. The fourth-order valence-corrected chi connectivity index (χ4v) is 2.17. The predicted molar refractivity (Wildman–Crippen MR) is 61.4 cm³/mol. The number of hydrazine groups is 1. The van der Waals surface area contributed by atoms with E-state index in [2.05, 4.69) is 5.43 Å². The highest BCUT2D eigenvalue weighted by Crippen LogP contribution is 2.27. The number of hydrogen-bond acceptors (Lipinski definition) is 3. The number of nitrogens with two attached hydrogens (primary N) is 1. The summed E-state index contributed by atoms with van der Waals surface area (Å²) in [5.74, 6) is 4.87. The zero-order valence-corrected chi connectivity index (χ0v) is 8.75. The molecule has 1 amide bonds. The van der Waals surface area contributed by atoms with Gasteiger partial charge in [-0.1, -0.05) is 24.3 Å². The average Bonchev–Trinajstić information content (AvgIpc) is 2.81. The molecule has 0 spiro atoms. The lowest BCUT2D eigenvalue weighted by molar-refractivity contribution is 0.0954. The number of carbonyl (C=O) groups excluding carboxylic acids is 1. The van der Waals surface area contributed by atoms with E-state index < -0.39 is 0 Å². The van der Waals surface area contributed by atoms with E-state index in [0.717, 1.165) is 10.4 Å². The lowest BCUT2D eigenvalue weighted by Crippen LogP contribution is -2.30. The normalized spacial score (nSPS) is 9.93. The van der Waals surface area contributed by atoms with Crippen LogP contribution in [0.1, 0.15) is 10.4 Å². The van der Waals surface area contributed by atoms with Gasteiger partial charge in [0, 0.05) is 16.0 Å². The maximum Gasteiger partial charge on any atom is 0.265 e. The average molecular weight is 218 g/mol. The highest BCUT2D eigenvalue weighted by molar-refractivity contribution is 7.13. The molecule has 0 bridgehead atoms. The van der Waals surface area contributed by atoms with Gasteiger partial charge in [-0.05, 0) is 17.5 Å². The minimum Gasteiger partial charge on any atom is -0.290 e. The molecule has 2 aromatic rings. The van der Waals surface area contributed by atoms with E-state index in [1.165, 1.54) is 0 Å². The molecule has 15 heavy (non-hydrogen) atoms. The summed E-state index contributed by atoms with van der Waals surface area (Å²) in [5.41, 5.74) is 3.66. The smallest absolute Gasteiger partial charge is 0.265 e. The van der Waals surface area contributed by atoms with Crippen molar-refractivity contribution in [3.05, 3.63) is 47.3 Å². The van der Waals surface area contributed by atoms with E-state index >= 15 is 0 Å². The van der Waals surface area contributed by atoms with Crippen molar-refractivity contribution in [2.75, 3.05) is 0 Å². The molecule has 1 aromatic heterocycles. The van der Waals surface area contributed by atoms with Crippen LogP contribution in [0, 0.1) is 0 Å². The van der Waals surface area contributed by atoms with Crippen molar-refractivity contribution in [3.8, 4) is 10.4 Å². The van der Waals surface area contributed by atoms with Crippen molar-refractivity contribution in [2.24, 2.45) is 5.84 Å². The number of thiophene rings is 1. The lowest BCUT2D eigenvalue weighted by Gasteiger charge is -2.05. The van der Waals surface area contributed by atoms with Gasteiger partial charge in [0.25, 0.3) is 5.91 Å². The fourth-order valence-electron chi connectivity index (χ4n) is 1.41. The van der Waals surface area contributed by atoms with Gasteiger partial charge in [-0.3, -0.25) is 10.2 Å². The van der Waals surface area contributed by atoms with Crippen molar-refractivity contribution in [1.29, 1.82) is 0 Å². The van der Waals surface area contributed by atoms with Crippen LogP contribution in [0.4, 0.5) is 0 Å². The second-order valence-corrected chi connectivity index (χ2v) is 3.94. The van der Waals surface area contributed by atoms with Crippen LogP contribution in [0.3, 0.4) is 0 Å². The first kappa shape index (κ1) is 9.89. The molecule has 1 aromatic carbocycles. The van der Waals surface area contributed by atoms with Crippen LogP contribution in [0.15, 0.2) is 41.8 Å². The maximum atomic E-state index is 11.5. The number of hydrogen-bond donors (Lipinski definition) is 2. The van der Waals surface area contributed by atoms with E-state index in [-0.39, 0.29) is 5.91 Å². The predicted octanol–water partition coefficient (Wildman–Crippen LogP) is 2.02. The van der Waals surface area contributed by atoms with Crippen LogP contribution >= 0.6 is 11.3 Å². The van der Waals surface area contributed by atoms with Gasteiger partial charge in [0.2, 0.25) is 0 Å². The number of nitrogens with one attached hydrogen (secondary N) is 1. The van der Waals surface area contributed by atoms with Gasteiger partial charge >= 0.3 is 0 Å². The Hall–Kier alpha value is -1.65. The second kappa shape index (κ2) is 4.25. The van der Waals surface area contributed by atoms with Crippen molar-refractivity contribution in [2.45, 2.75) is 0 Å². The molecule has 0 radical (unpaired) electrons. The Labute approximate surface area is 91.5 Å². The summed E-state index contributed by atoms with van der Waals surface area (Å²) in [5, 5.41) is 1.98. The Bertz CT molecular complexity index is 465. The highest BCUT2D eigenvalue weighted by atomic mass is 32.1. The zero-order valence-electron chi connectivity index (χ0n) is 7.94. The molecule has 0 fully saturated rings. The van der Waals surface area contributed by atoms with Gasteiger partial charge in [0.05, 0.1) is 0 Å². The van der Waals surface area contributed by atoms with Crippen LogP contribution in [0.25, 0.3) is 10.4 Å². The van der Waals surface area contributed by atoms with E-state index in [1.54, 1.807) is 17.4 Å². The molecular weight excluding hydrogens is 208 g/mol. The van der Waals surface area contributed by atoms with Crippen molar-refractivity contribution in [3.63, 3.8) is 0 Å². The molecular formula is C11H10N2OS. The quantitative estimate of drug-likeness (QED) is 0.460. The molecule has 0 aliphatic rings. The molecule has 2 rings (SSSR count). The molecule has 76 valence electrons. The molecule has 0 atom stereocenters. The summed E-state index contributed by atoms with van der Waals surface area (Å²) < 4.78 is 0. The Morgan fingerprint density at radius 3 is 2.67 bits per heavy atom. The molecule has 3 N–H and O–H groups in total. The third-order valence-corrected chi connectivity index (χ3v) is 2.99. The summed E-state index contributed by atoms with van der Waals surface area (Å²) in [6.45, 7) is 0. The zero-order chi connectivity index (χ0) is 10.7. The first-order chi connectivity index (χ1) is 7.33. The topological polar surface area (TPSA) is 55.1 Å². The Morgan fingerprint density at radius 2 is 2.00 bits per heavy atom. The van der Waals surface area contributed by atoms with E-state index in [9.17, 15) is 4.79 Å². The molecule has 0 aliphatic carbocycles. The molecule has 0 saturated carbocycles. The van der Waals surface area contributed by atoms with Crippen LogP contribution in [-0.4, -0.2) is 5.91 Å². The first-order valence-corrected chi connectivity index (χ1v) is 5.34. The summed E-state index contributed by atoms with van der Waals surface area (Å²) in [6, 6.07) is 11.3. The molecule has 0 saturated heterocycles. The fraction of sp³-hybridized carbons (Fsp3) is 0. The third-order valence-electron chi connectivity index (χ3n) is 2.09. The SMILES string of the molecule is NNC(=O)c1ccccc1-c1cccs1. The maximum absolute atomic E-state index is 11.5. The minimum absolute atomic E-state index is 0.265. The molecule has 4 heteroatoms. The summed E-state index contributed by atoms with van der Waals surface area (Å²) in [7, 11) is 0. The standard InChI is InChI=1S/C11H10N2OS/c12-13-11(14)9-5-2-1-4-8(9)10-6-3-7-15-10/h1-7H,12H2,(H,13,14). The molecule has 3 nitrogen and oxygen atoms in total. The van der Waals surface area contributed by atoms with Gasteiger partial charge < -0.3 is 0 Å². The Balaban J connectivity index is 2.52. The summed E-state index contributed by atoms with van der Waals surface area (Å²) in [4.78, 5) is 12.6. The molecule has 0 aliphatic heterocycles. The van der Waals surface area contributed by atoms with Crippen molar-refractivity contribution < 1.29 is 4.79 Å². The monoisotopic (exact) mass is 218 g/mol. The van der Waals surface area contributed by atoms with E-state index in [1.807, 2.05) is 35.7 Å². The van der Waals surface area contributed by atoms with Gasteiger partial charge in [0.1, 0.15) is 0 Å². The van der Waals surface area contributed by atoms with Crippen LogP contribution in [0.5, 0.6) is 0 Å². The van der Waals surface area contributed by atoms with Crippen molar-refractivity contribution >= 4 is 17.2 Å². The summed E-state index contributed by atoms with van der Waals surface area (Å²) >= 11 is 1.60. The number of rotatable bonds is 2. The lowest BCUT2D eigenvalue weighted by atomic mass is 10.1. The second-order valence-electron chi connectivity index (χ2n) is 3.00. The van der Waals surface area contributed by atoms with Gasteiger partial charge in [0.15, 0.2) is 0 Å².